The van der Waals surface area contributed by atoms with Crippen LogP contribution in [0.15, 0.2) is 91.0 Å². The molecule has 0 aliphatic rings. The van der Waals surface area contributed by atoms with Gasteiger partial charge in [-0.1, -0.05) is 124 Å². The fourth-order valence-electron chi connectivity index (χ4n) is 5.16. The number of hydrogen-bond acceptors (Lipinski definition) is 4. The van der Waals surface area contributed by atoms with E-state index < -0.39 is 29.5 Å². The van der Waals surface area contributed by atoms with E-state index >= 15 is 0 Å². The zero-order valence-corrected chi connectivity index (χ0v) is 25.6. The Labute approximate surface area is 260 Å². The zero-order chi connectivity index (χ0) is 31.8. The highest BCUT2D eigenvalue weighted by atomic mass is 16.4. The van der Waals surface area contributed by atoms with Gasteiger partial charge in [0.1, 0.15) is 11.6 Å². The molecule has 0 saturated carbocycles. The Hall–Kier alpha value is -4.66. The van der Waals surface area contributed by atoms with Crippen molar-refractivity contribution >= 4 is 23.8 Å². The maximum Gasteiger partial charge on any atom is 0.407 e. The van der Waals surface area contributed by atoms with Gasteiger partial charge >= 0.3 is 6.09 Å². The van der Waals surface area contributed by atoms with Gasteiger partial charge in [0.05, 0.1) is 6.42 Å². The van der Waals surface area contributed by atoms with Crippen LogP contribution in [0.2, 0.25) is 0 Å². The molecular formula is C35H44N4O5. The molecule has 4 amide bonds. The standard InChI is InChI=1S/C35H44N4O5/c1-3-4-5-6-16-23-31(40)37-30(33(42)36-24-25-39(2)34(43)44)26-32(41)38-35(27-17-10-7-11-18-27,28-19-12-8-13-20-28)29-21-14-9-15-22-29/h7-15,17-22,30H,3-6,16,23-26H2,1-2H3,(H,36,42)(H,37,40)(H,38,41)(H,43,44). The maximum atomic E-state index is 14.0. The molecule has 9 nitrogen and oxygen atoms in total. The largest absolute Gasteiger partial charge is 0.465 e. The predicted molar refractivity (Wildman–Crippen MR) is 171 cm³/mol. The highest BCUT2D eigenvalue weighted by Crippen LogP contribution is 2.36. The molecule has 0 aliphatic carbocycles. The number of rotatable bonds is 17. The molecule has 0 aromatic heterocycles. The van der Waals surface area contributed by atoms with E-state index in [0.717, 1.165) is 47.3 Å². The summed E-state index contributed by atoms with van der Waals surface area (Å²) in [5.74, 6) is -1.30. The molecule has 0 fully saturated rings. The van der Waals surface area contributed by atoms with Gasteiger partial charge in [-0.25, -0.2) is 4.79 Å². The van der Waals surface area contributed by atoms with Gasteiger partial charge in [0.25, 0.3) is 0 Å². The predicted octanol–water partition coefficient (Wildman–Crippen LogP) is 5.06. The van der Waals surface area contributed by atoms with E-state index in [9.17, 15) is 19.2 Å². The zero-order valence-electron chi connectivity index (χ0n) is 25.6. The fraction of sp³-hybridized carbons (Fsp3) is 0.371. The first kappa shape index (κ1) is 33.8. The first-order valence-corrected chi connectivity index (χ1v) is 15.3. The van der Waals surface area contributed by atoms with E-state index in [4.69, 9.17) is 5.11 Å². The van der Waals surface area contributed by atoms with E-state index in [1.54, 1.807) is 0 Å². The minimum absolute atomic E-state index is 0.0363. The molecule has 3 rings (SSSR count). The SMILES string of the molecule is CCCCCCCC(=O)NC(CC(=O)NC(c1ccccc1)(c1ccccc1)c1ccccc1)C(=O)NCCN(C)C(=O)O. The summed E-state index contributed by atoms with van der Waals surface area (Å²) in [6, 6.07) is 27.7. The van der Waals surface area contributed by atoms with E-state index in [0.29, 0.717) is 6.42 Å². The Bertz CT molecular complexity index is 1240. The molecule has 9 heteroatoms. The van der Waals surface area contributed by atoms with Crippen LogP contribution in [0.25, 0.3) is 0 Å². The molecule has 234 valence electrons. The van der Waals surface area contributed by atoms with Crippen LogP contribution in [0.5, 0.6) is 0 Å². The molecule has 1 unspecified atom stereocenters. The lowest BCUT2D eigenvalue weighted by atomic mass is 9.77. The van der Waals surface area contributed by atoms with Gasteiger partial charge in [-0.2, -0.15) is 0 Å². The Kier molecular flexibility index (Phi) is 13.4. The monoisotopic (exact) mass is 600 g/mol. The highest BCUT2D eigenvalue weighted by molar-refractivity contribution is 5.92. The van der Waals surface area contributed by atoms with Crippen LogP contribution >= 0.6 is 0 Å². The smallest absolute Gasteiger partial charge is 0.407 e. The van der Waals surface area contributed by atoms with Crippen molar-refractivity contribution in [2.45, 2.75) is 63.5 Å². The summed E-state index contributed by atoms with van der Waals surface area (Å²) in [6.07, 6.45) is 3.65. The average molecular weight is 601 g/mol. The van der Waals surface area contributed by atoms with Crippen LogP contribution in [0.1, 0.15) is 68.6 Å². The number of nitrogens with zero attached hydrogens (tertiary/aromatic N) is 1. The molecule has 1 atom stereocenters. The van der Waals surface area contributed by atoms with Crippen LogP contribution < -0.4 is 16.0 Å². The molecule has 0 heterocycles. The molecule has 44 heavy (non-hydrogen) atoms. The van der Waals surface area contributed by atoms with E-state index in [1.807, 2.05) is 91.0 Å². The minimum atomic E-state index is -1.15. The lowest BCUT2D eigenvalue weighted by Gasteiger charge is -2.37. The molecular weight excluding hydrogens is 556 g/mol. The van der Waals surface area contributed by atoms with Crippen molar-refractivity contribution < 1.29 is 24.3 Å². The quantitative estimate of drug-likeness (QED) is 0.127. The van der Waals surface area contributed by atoms with Crippen molar-refractivity contribution in [2.24, 2.45) is 0 Å². The third-order valence-electron chi connectivity index (χ3n) is 7.57. The number of nitrogens with one attached hydrogen (secondary N) is 3. The summed E-state index contributed by atoms with van der Waals surface area (Å²) in [7, 11) is 1.40. The Balaban J connectivity index is 1.88. The average Bonchev–Trinajstić information content (AvgIpc) is 3.04. The first-order chi connectivity index (χ1) is 21.3. The summed E-state index contributed by atoms with van der Waals surface area (Å²) in [5.41, 5.74) is 1.42. The Morgan fingerprint density at radius 2 is 1.25 bits per heavy atom. The molecule has 0 bridgehead atoms. The topological polar surface area (TPSA) is 128 Å². The Morgan fingerprint density at radius 3 is 1.73 bits per heavy atom. The molecule has 0 radical (unpaired) electrons. The van der Waals surface area contributed by atoms with Crippen LogP contribution in [-0.4, -0.2) is 60.0 Å². The lowest BCUT2D eigenvalue weighted by Crippen LogP contribution is -2.53. The number of amides is 4. The summed E-state index contributed by atoms with van der Waals surface area (Å²) in [4.78, 5) is 52.3. The van der Waals surface area contributed by atoms with Gasteiger partial charge in [-0.3, -0.25) is 14.4 Å². The first-order valence-electron chi connectivity index (χ1n) is 15.3. The van der Waals surface area contributed by atoms with Crippen molar-refractivity contribution in [3.8, 4) is 0 Å². The third kappa shape index (κ3) is 9.69. The number of benzene rings is 3. The molecule has 0 spiro atoms. The van der Waals surface area contributed by atoms with Crippen LogP contribution in [-0.2, 0) is 19.9 Å². The van der Waals surface area contributed by atoms with Gasteiger partial charge < -0.3 is 26.0 Å². The Morgan fingerprint density at radius 1 is 0.750 bits per heavy atom. The molecule has 3 aromatic rings. The number of carboxylic acid groups (broad SMARTS) is 1. The second kappa shape index (κ2) is 17.5. The summed E-state index contributed by atoms with van der Waals surface area (Å²) < 4.78 is 0. The van der Waals surface area contributed by atoms with Crippen molar-refractivity contribution in [1.29, 1.82) is 0 Å². The maximum absolute atomic E-state index is 14.0. The van der Waals surface area contributed by atoms with Crippen molar-refractivity contribution in [3.05, 3.63) is 108 Å². The summed E-state index contributed by atoms with van der Waals surface area (Å²) in [6.45, 7) is 2.22. The van der Waals surface area contributed by atoms with E-state index in [1.165, 1.54) is 7.05 Å². The van der Waals surface area contributed by atoms with Gasteiger partial charge in [0.2, 0.25) is 17.7 Å². The van der Waals surface area contributed by atoms with Crippen molar-refractivity contribution in [1.82, 2.24) is 20.9 Å². The molecule has 0 aliphatic heterocycles. The van der Waals surface area contributed by atoms with Gasteiger partial charge in [0.15, 0.2) is 0 Å². The second-order valence-electron chi connectivity index (χ2n) is 10.9. The van der Waals surface area contributed by atoms with E-state index in [2.05, 4.69) is 22.9 Å². The number of hydrogen-bond donors (Lipinski definition) is 4. The number of unbranched alkanes of at least 4 members (excludes halogenated alkanes) is 4. The molecule has 0 saturated heterocycles. The van der Waals surface area contributed by atoms with Crippen LogP contribution in [0, 0.1) is 0 Å². The number of carbonyl (C=O) groups is 4. The van der Waals surface area contributed by atoms with Crippen molar-refractivity contribution in [3.63, 3.8) is 0 Å². The molecule has 3 aromatic carbocycles. The minimum Gasteiger partial charge on any atom is -0.465 e. The fourth-order valence-corrected chi connectivity index (χ4v) is 5.16. The van der Waals surface area contributed by atoms with Gasteiger partial charge in [0, 0.05) is 26.6 Å². The van der Waals surface area contributed by atoms with Gasteiger partial charge in [-0.05, 0) is 23.1 Å². The van der Waals surface area contributed by atoms with Gasteiger partial charge in [-0.15, -0.1) is 0 Å². The normalized spacial score (nSPS) is 11.7. The number of likely N-dealkylation sites (N-methyl/N-ethyl adjacent to an activating group) is 1. The molecule has 4 N–H and O–H groups in total. The van der Waals surface area contributed by atoms with E-state index in [-0.39, 0.29) is 31.8 Å². The summed E-state index contributed by atoms with van der Waals surface area (Å²) in [5, 5.41) is 17.8. The highest BCUT2D eigenvalue weighted by Gasteiger charge is 2.38. The van der Waals surface area contributed by atoms with Crippen LogP contribution in [0.3, 0.4) is 0 Å². The second-order valence-corrected chi connectivity index (χ2v) is 10.9. The van der Waals surface area contributed by atoms with Crippen molar-refractivity contribution in [2.75, 3.05) is 20.1 Å². The van der Waals surface area contributed by atoms with Crippen LogP contribution in [0.4, 0.5) is 4.79 Å². The number of carbonyl (C=O) groups excluding carboxylic acids is 3. The lowest BCUT2D eigenvalue weighted by molar-refractivity contribution is -0.132. The summed E-state index contributed by atoms with van der Waals surface area (Å²) >= 11 is 0. The third-order valence-corrected chi connectivity index (χ3v) is 7.57.